The molecule has 3 rings (SSSR count). The van der Waals surface area contributed by atoms with Gasteiger partial charge in [0.05, 0.1) is 21.7 Å². The summed E-state index contributed by atoms with van der Waals surface area (Å²) >= 11 is 9.01. The van der Waals surface area contributed by atoms with Crippen molar-refractivity contribution in [1.29, 1.82) is 0 Å². The van der Waals surface area contributed by atoms with Crippen LogP contribution >= 0.6 is 27.7 Å². The van der Waals surface area contributed by atoms with Crippen LogP contribution in [0.2, 0.25) is 5.02 Å². The van der Waals surface area contributed by atoms with E-state index in [0.29, 0.717) is 18.8 Å². The maximum Gasteiger partial charge on any atom is 0.394 e. The van der Waals surface area contributed by atoms with Gasteiger partial charge in [0.1, 0.15) is 5.75 Å². The fraction of sp³-hybridized carbons (Fsp3) is 0.615. The van der Waals surface area contributed by atoms with Gasteiger partial charge in [-0.25, -0.2) is 4.34 Å². The normalized spacial score (nSPS) is 20.8. The Labute approximate surface area is 262 Å². The molecule has 43 heavy (non-hydrogen) atoms. The summed E-state index contributed by atoms with van der Waals surface area (Å²) in [6.07, 6.45) is -3.08. The number of hydrogen-bond acceptors (Lipinski definition) is 7. The van der Waals surface area contributed by atoms with E-state index >= 15 is 0 Å². The molecule has 1 aliphatic rings. The van der Waals surface area contributed by atoms with Gasteiger partial charge in [-0.3, -0.25) is 9.48 Å². The van der Waals surface area contributed by atoms with Crippen molar-refractivity contribution in [2.45, 2.75) is 84.4 Å². The fourth-order valence-electron chi connectivity index (χ4n) is 4.83. The molecule has 0 saturated heterocycles. The molecular weight excluding hydrogens is 691 g/mol. The lowest BCUT2D eigenvalue weighted by Crippen LogP contribution is -2.57. The number of aliphatic hydroxyl groups is 1. The number of halogens is 7. The van der Waals surface area contributed by atoms with Crippen molar-refractivity contribution in [3.63, 3.8) is 0 Å². The first kappa shape index (κ1) is 37.0. The van der Waals surface area contributed by atoms with Gasteiger partial charge in [0.25, 0.3) is 5.91 Å². The number of amides is 1. The van der Waals surface area contributed by atoms with Crippen LogP contribution < -0.4 is 14.4 Å². The first-order valence-corrected chi connectivity index (χ1v) is 15.0. The summed E-state index contributed by atoms with van der Waals surface area (Å²) in [5.74, 6) is -0.691. The van der Waals surface area contributed by atoms with Crippen LogP contribution in [0, 0.1) is 11.3 Å². The molecule has 1 aliphatic carbocycles. The van der Waals surface area contributed by atoms with Gasteiger partial charge in [0.2, 0.25) is 0 Å². The molecule has 0 radical (unpaired) electrons. The van der Waals surface area contributed by atoms with Crippen LogP contribution in [0.25, 0.3) is 11.3 Å². The third-order valence-corrected chi connectivity index (χ3v) is 8.29. The number of benzene rings is 1. The number of nitrogens with zero attached hydrogens (tertiary/aromatic N) is 2. The van der Waals surface area contributed by atoms with Gasteiger partial charge in [-0.2, -0.15) is 35.5 Å². The molecule has 1 fully saturated rings. The predicted octanol–water partition coefficient (Wildman–Crippen LogP) is 5.83. The summed E-state index contributed by atoms with van der Waals surface area (Å²) < 4.78 is 92.5. The van der Waals surface area contributed by atoms with E-state index in [1.807, 2.05) is 0 Å². The number of aromatic nitrogens is 2. The van der Waals surface area contributed by atoms with Crippen LogP contribution in [0.4, 0.5) is 22.0 Å². The molecule has 1 saturated carbocycles. The van der Waals surface area contributed by atoms with E-state index in [1.54, 1.807) is 6.92 Å². The maximum absolute atomic E-state index is 13.4. The Bertz CT molecular complexity index is 1310. The first-order chi connectivity index (χ1) is 19.9. The molecular formula is C26H33BrClF5N4O5S. The van der Waals surface area contributed by atoms with Crippen molar-refractivity contribution >= 4 is 45.2 Å². The van der Waals surface area contributed by atoms with Gasteiger partial charge in [-0.1, -0.05) is 38.4 Å². The quantitative estimate of drug-likeness (QED) is 0.208. The van der Waals surface area contributed by atoms with Crippen LogP contribution in [-0.2, 0) is 24.5 Å². The van der Waals surface area contributed by atoms with E-state index in [-0.39, 0.29) is 46.7 Å². The molecule has 2 aromatic rings. The van der Waals surface area contributed by atoms with Gasteiger partial charge < -0.3 is 15.2 Å². The van der Waals surface area contributed by atoms with Crippen LogP contribution in [0.15, 0.2) is 18.2 Å². The molecule has 9 nitrogen and oxygen atoms in total. The number of aryl methyl sites for hydroxylation is 1. The Morgan fingerprint density at radius 2 is 1.95 bits per heavy atom. The third-order valence-electron chi connectivity index (χ3n) is 7.38. The minimum atomic E-state index is -4.52. The van der Waals surface area contributed by atoms with Crippen molar-refractivity contribution < 1.29 is 45.0 Å². The molecule has 0 aliphatic heterocycles. The summed E-state index contributed by atoms with van der Waals surface area (Å²) in [7, 11) is 0. The Kier molecular flexibility index (Phi) is 13.1. The third kappa shape index (κ3) is 9.19. The second-order valence-corrected chi connectivity index (χ2v) is 12.0. The van der Waals surface area contributed by atoms with Crippen molar-refractivity contribution in [3.05, 3.63) is 34.5 Å². The Morgan fingerprint density at radius 1 is 1.33 bits per heavy atom. The molecule has 1 amide bonds. The largest absolute Gasteiger partial charge is 0.434 e. The van der Waals surface area contributed by atoms with Crippen LogP contribution in [-0.4, -0.2) is 60.2 Å². The SMILES string of the molecule is CCn1nc(C(=O)NC[C@@]2(O)CC[C@H](C)CC2NBr)c(Cl)c1-c1ccc(CC(C)(C)C(F)(F)F)cc1OC(F)F.O=S=O. The highest BCUT2D eigenvalue weighted by atomic mass is 79.9. The highest BCUT2D eigenvalue weighted by Crippen LogP contribution is 2.43. The molecule has 3 atom stereocenters. The average Bonchev–Trinajstić information content (AvgIpc) is 3.24. The summed E-state index contributed by atoms with van der Waals surface area (Å²) in [5, 5.41) is 17.9. The molecule has 1 aromatic carbocycles. The van der Waals surface area contributed by atoms with E-state index in [4.69, 9.17) is 20.0 Å². The van der Waals surface area contributed by atoms with E-state index in [2.05, 4.69) is 42.6 Å². The van der Waals surface area contributed by atoms with E-state index in [1.165, 1.54) is 16.8 Å². The van der Waals surface area contributed by atoms with E-state index in [9.17, 15) is 31.9 Å². The molecule has 1 unspecified atom stereocenters. The van der Waals surface area contributed by atoms with Crippen LogP contribution in [0.3, 0.4) is 0 Å². The zero-order valence-corrected chi connectivity index (χ0v) is 26.9. The van der Waals surface area contributed by atoms with E-state index in [0.717, 1.165) is 26.3 Å². The molecule has 1 heterocycles. The summed E-state index contributed by atoms with van der Waals surface area (Å²) in [5.41, 5.74) is -3.28. The first-order valence-electron chi connectivity index (χ1n) is 13.1. The number of nitrogens with one attached hydrogen (secondary N) is 2. The highest BCUT2D eigenvalue weighted by molar-refractivity contribution is 9.08. The number of rotatable bonds is 10. The Morgan fingerprint density at radius 3 is 2.49 bits per heavy atom. The molecule has 17 heteroatoms. The number of alkyl halides is 5. The van der Waals surface area contributed by atoms with Crippen molar-refractivity contribution in [2.75, 3.05) is 6.54 Å². The van der Waals surface area contributed by atoms with Crippen LogP contribution in [0.1, 0.15) is 63.0 Å². The Hall–Kier alpha value is -2.14. The standard InChI is InChI=1S/C26H33BrClF5N4O3.O2S/c1-5-37-21(16-7-6-15(11-17(16)40-23(29)30)12-24(3,4)26(31,32)33)19(28)20(36-37)22(38)34-13-25(39)9-8-14(2)10-18(25)35-27;1-3-2/h6-7,11,14,18,23,35,39H,5,8-10,12-13H2,1-4H3,(H,34,38);/t14-,18?,25-;/m0./s1. The van der Waals surface area contributed by atoms with Gasteiger partial charge in [-0.05, 0) is 56.2 Å². The summed E-state index contributed by atoms with van der Waals surface area (Å²) in [6.45, 7) is 2.64. The lowest BCUT2D eigenvalue weighted by Gasteiger charge is -2.41. The zero-order chi connectivity index (χ0) is 32.8. The van der Waals surface area contributed by atoms with Crippen molar-refractivity contribution in [1.82, 2.24) is 19.4 Å². The zero-order valence-electron chi connectivity index (χ0n) is 23.7. The average molecular weight is 724 g/mol. The minimum Gasteiger partial charge on any atom is -0.434 e. The van der Waals surface area contributed by atoms with Crippen molar-refractivity contribution in [2.24, 2.45) is 11.3 Å². The summed E-state index contributed by atoms with van der Waals surface area (Å²) in [6, 6.07) is 3.50. The minimum absolute atomic E-state index is 0.0377. The fourth-order valence-corrected chi connectivity index (χ4v) is 5.77. The second-order valence-electron chi connectivity index (χ2n) is 11.0. The smallest absolute Gasteiger partial charge is 0.394 e. The molecule has 3 N–H and O–H groups in total. The highest BCUT2D eigenvalue weighted by Gasteiger charge is 2.47. The monoisotopic (exact) mass is 722 g/mol. The number of carbonyl (C=O) groups is 1. The number of ether oxygens (including phenoxy) is 1. The summed E-state index contributed by atoms with van der Waals surface area (Å²) in [4.78, 5) is 13.1. The lowest BCUT2D eigenvalue weighted by molar-refractivity contribution is -0.211. The van der Waals surface area contributed by atoms with Gasteiger partial charge in [0.15, 0.2) is 5.69 Å². The van der Waals surface area contributed by atoms with Gasteiger partial charge >= 0.3 is 24.4 Å². The molecule has 242 valence electrons. The second kappa shape index (κ2) is 15.2. The lowest BCUT2D eigenvalue weighted by atomic mass is 9.76. The van der Waals surface area contributed by atoms with Gasteiger partial charge in [-0.15, -0.1) is 0 Å². The Balaban J connectivity index is 0.00000206. The maximum atomic E-state index is 13.4. The molecule has 1 aromatic heterocycles. The predicted molar refractivity (Wildman–Crippen MR) is 154 cm³/mol. The van der Waals surface area contributed by atoms with Gasteiger partial charge in [0, 0.05) is 40.8 Å². The number of carbonyl (C=O) groups excluding carboxylic acids is 1. The van der Waals surface area contributed by atoms with E-state index < -0.39 is 53.5 Å². The topological polar surface area (TPSA) is 123 Å². The molecule has 0 spiro atoms. The molecule has 0 bridgehead atoms. The van der Waals surface area contributed by atoms with Crippen molar-refractivity contribution in [3.8, 4) is 17.0 Å². The number of hydrogen-bond donors (Lipinski definition) is 3. The van der Waals surface area contributed by atoms with Crippen LogP contribution in [0.5, 0.6) is 5.75 Å².